The fraction of sp³-hybridized carbons (Fsp3) is 0.778. The lowest BCUT2D eigenvalue weighted by Gasteiger charge is -2.10. The Morgan fingerprint density at radius 1 is 1.14 bits per heavy atom. The highest BCUT2D eigenvalue weighted by atomic mass is 16.5. The summed E-state index contributed by atoms with van der Waals surface area (Å²) in [5.41, 5.74) is 1.31. The summed E-state index contributed by atoms with van der Waals surface area (Å²) in [6.07, 6.45) is 8.78. The minimum Gasteiger partial charge on any atom is -0.465 e. The van der Waals surface area contributed by atoms with Crippen LogP contribution >= 0.6 is 0 Å². The van der Waals surface area contributed by atoms with Crippen LogP contribution in [0.4, 0.5) is 0 Å². The molecule has 3 nitrogen and oxygen atoms in total. The monoisotopic (exact) mass is 296 g/mol. The molecule has 0 spiro atoms. The molecule has 0 saturated carbocycles. The number of Topliss-reactive ketones (excluding diaryl/α,β-unsaturated/α-hetero) is 1. The van der Waals surface area contributed by atoms with Crippen LogP contribution in [0.5, 0.6) is 0 Å². The Morgan fingerprint density at radius 2 is 1.86 bits per heavy atom. The lowest BCUT2D eigenvalue weighted by molar-refractivity contribution is -0.145. The second-order valence-corrected chi connectivity index (χ2v) is 6.13. The van der Waals surface area contributed by atoms with Crippen LogP contribution in [0, 0.1) is 5.92 Å². The predicted molar refractivity (Wildman–Crippen MR) is 87.2 cm³/mol. The zero-order valence-corrected chi connectivity index (χ0v) is 14.2. The van der Waals surface area contributed by atoms with Crippen molar-refractivity contribution in [3.63, 3.8) is 0 Å². The van der Waals surface area contributed by atoms with Crippen molar-refractivity contribution in [3.8, 4) is 0 Å². The van der Waals surface area contributed by atoms with E-state index in [1.54, 1.807) is 0 Å². The third-order valence-electron chi connectivity index (χ3n) is 3.43. The third-order valence-corrected chi connectivity index (χ3v) is 3.43. The van der Waals surface area contributed by atoms with Gasteiger partial charge in [-0.3, -0.25) is 9.59 Å². The summed E-state index contributed by atoms with van der Waals surface area (Å²) in [5.74, 6) is 0.349. The third kappa shape index (κ3) is 13.6. The van der Waals surface area contributed by atoms with Gasteiger partial charge in [0.2, 0.25) is 0 Å². The van der Waals surface area contributed by atoms with Gasteiger partial charge in [0.05, 0.1) is 6.61 Å². The van der Waals surface area contributed by atoms with Gasteiger partial charge in [0.15, 0.2) is 0 Å². The van der Waals surface area contributed by atoms with Gasteiger partial charge in [0.1, 0.15) is 5.78 Å². The zero-order valence-electron chi connectivity index (χ0n) is 14.2. The van der Waals surface area contributed by atoms with E-state index in [0.717, 1.165) is 32.1 Å². The summed E-state index contributed by atoms with van der Waals surface area (Å²) < 4.78 is 5.14. The molecule has 1 unspecified atom stereocenters. The molecule has 0 bridgehead atoms. The van der Waals surface area contributed by atoms with Crippen molar-refractivity contribution in [1.29, 1.82) is 0 Å². The van der Waals surface area contributed by atoms with Crippen LogP contribution in [0.25, 0.3) is 0 Å². The quantitative estimate of drug-likeness (QED) is 0.294. The molecule has 21 heavy (non-hydrogen) atoms. The van der Waals surface area contributed by atoms with Crippen LogP contribution in [0.15, 0.2) is 11.6 Å². The minimum atomic E-state index is -0.180. The number of allylic oxidation sites excluding steroid dienone is 2. The molecule has 0 amide bonds. The number of carbonyl (C=O) groups excluding carboxylic acids is 2. The fourth-order valence-electron chi connectivity index (χ4n) is 2.08. The SMILES string of the molecule is CCCCCC(=O)CCOC(=O)CC(C)CCC=C(C)C. The molecule has 0 aliphatic heterocycles. The molecule has 3 heteroatoms. The first-order chi connectivity index (χ1) is 9.95. The maximum absolute atomic E-state index is 11.6. The number of hydrogen-bond donors (Lipinski definition) is 0. The molecular formula is C18H32O3. The van der Waals surface area contributed by atoms with Crippen molar-refractivity contribution in [2.75, 3.05) is 6.61 Å². The molecule has 0 heterocycles. The summed E-state index contributed by atoms with van der Waals surface area (Å²) in [6.45, 7) is 8.58. The maximum Gasteiger partial charge on any atom is 0.306 e. The van der Waals surface area contributed by atoms with Gasteiger partial charge in [-0.1, -0.05) is 38.3 Å². The largest absolute Gasteiger partial charge is 0.465 e. The highest BCUT2D eigenvalue weighted by Gasteiger charge is 2.10. The van der Waals surface area contributed by atoms with Crippen LogP contribution in [0.3, 0.4) is 0 Å². The van der Waals surface area contributed by atoms with Gasteiger partial charge in [-0.25, -0.2) is 0 Å². The van der Waals surface area contributed by atoms with E-state index in [1.165, 1.54) is 5.57 Å². The van der Waals surface area contributed by atoms with Gasteiger partial charge in [0, 0.05) is 19.3 Å². The molecule has 0 aromatic carbocycles. The summed E-state index contributed by atoms with van der Waals surface area (Å²) in [5, 5.41) is 0. The Bertz CT molecular complexity index is 327. The van der Waals surface area contributed by atoms with Crippen molar-refractivity contribution in [1.82, 2.24) is 0 Å². The highest BCUT2D eigenvalue weighted by Crippen LogP contribution is 2.12. The molecule has 1 atom stereocenters. The van der Waals surface area contributed by atoms with Crippen LogP contribution < -0.4 is 0 Å². The summed E-state index contributed by atoms with van der Waals surface area (Å²) in [7, 11) is 0. The van der Waals surface area contributed by atoms with Crippen LogP contribution in [0.2, 0.25) is 0 Å². The van der Waals surface area contributed by atoms with E-state index in [0.29, 0.717) is 25.2 Å². The first-order valence-electron chi connectivity index (χ1n) is 8.26. The number of ether oxygens (including phenoxy) is 1. The number of esters is 1. The van der Waals surface area contributed by atoms with Crippen LogP contribution in [0.1, 0.15) is 79.1 Å². The average molecular weight is 296 g/mol. The molecular weight excluding hydrogens is 264 g/mol. The minimum absolute atomic E-state index is 0.180. The van der Waals surface area contributed by atoms with Gasteiger partial charge in [0.25, 0.3) is 0 Å². The Morgan fingerprint density at radius 3 is 2.48 bits per heavy atom. The van der Waals surface area contributed by atoms with Gasteiger partial charge in [-0.05, 0) is 39.0 Å². The van der Waals surface area contributed by atoms with E-state index in [4.69, 9.17) is 4.74 Å². The van der Waals surface area contributed by atoms with E-state index in [2.05, 4.69) is 33.8 Å². The van der Waals surface area contributed by atoms with Gasteiger partial charge in [-0.15, -0.1) is 0 Å². The second kappa shape index (κ2) is 12.6. The van der Waals surface area contributed by atoms with Crippen molar-refractivity contribution in [2.24, 2.45) is 5.92 Å². The van der Waals surface area contributed by atoms with E-state index in [9.17, 15) is 9.59 Å². The highest BCUT2D eigenvalue weighted by molar-refractivity contribution is 5.78. The number of ketones is 1. The molecule has 0 aromatic heterocycles. The lowest BCUT2D eigenvalue weighted by atomic mass is 10.0. The van der Waals surface area contributed by atoms with E-state index in [1.807, 2.05) is 0 Å². The van der Waals surface area contributed by atoms with Crippen LogP contribution in [-0.2, 0) is 14.3 Å². The Labute approximate surface area is 130 Å². The normalized spacial score (nSPS) is 11.8. The average Bonchev–Trinajstić information content (AvgIpc) is 2.38. The molecule has 0 N–H and O–H groups in total. The number of rotatable bonds is 12. The molecule has 0 radical (unpaired) electrons. The van der Waals surface area contributed by atoms with Crippen molar-refractivity contribution < 1.29 is 14.3 Å². The molecule has 0 aromatic rings. The van der Waals surface area contributed by atoms with Crippen molar-refractivity contribution >= 4 is 11.8 Å². The van der Waals surface area contributed by atoms with Gasteiger partial charge >= 0.3 is 5.97 Å². The summed E-state index contributed by atoms with van der Waals surface area (Å²) >= 11 is 0. The fourth-order valence-corrected chi connectivity index (χ4v) is 2.08. The molecule has 0 rings (SSSR count). The summed E-state index contributed by atoms with van der Waals surface area (Å²) in [6, 6.07) is 0. The van der Waals surface area contributed by atoms with Crippen LogP contribution in [-0.4, -0.2) is 18.4 Å². The standard InChI is InChI=1S/C18H32O3/c1-5-6-7-11-17(19)12-13-21-18(20)14-16(4)10-8-9-15(2)3/h9,16H,5-8,10-14H2,1-4H3. The molecule has 0 fully saturated rings. The number of hydrogen-bond acceptors (Lipinski definition) is 3. The molecule has 0 aliphatic carbocycles. The van der Waals surface area contributed by atoms with Gasteiger partial charge in [-0.2, -0.15) is 0 Å². The van der Waals surface area contributed by atoms with Gasteiger partial charge < -0.3 is 4.74 Å². The lowest BCUT2D eigenvalue weighted by Crippen LogP contribution is -2.12. The Balaban J connectivity index is 3.65. The smallest absolute Gasteiger partial charge is 0.306 e. The summed E-state index contributed by atoms with van der Waals surface area (Å²) in [4.78, 5) is 23.2. The topological polar surface area (TPSA) is 43.4 Å². The number of unbranched alkanes of at least 4 members (excludes halogenated alkanes) is 2. The zero-order chi connectivity index (χ0) is 16.1. The van der Waals surface area contributed by atoms with Crippen molar-refractivity contribution in [3.05, 3.63) is 11.6 Å². The molecule has 0 aliphatic rings. The van der Waals surface area contributed by atoms with E-state index < -0.39 is 0 Å². The molecule has 0 saturated heterocycles. The van der Waals surface area contributed by atoms with Crippen molar-refractivity contribution in [2.45, 2.75) is 79.1 Å². The molecule has 122 valence electrons. The first-order valence-corrected chi connectivity index (χ1v) is 8.26. The predicted octanol–water partition coefficient (Wildman–Crippen LogP) is 4.84. The van der Waals surface area contributed by atoms with E-state index >= 15 is 0 Å². The Hall–Kier alpha value is -1.12. The second-order valence-electron chi connectivity index (χ2n) is 6.13. The number of carbonyl (C=O) groups is 2. The van der Waals surface area contributed by atoms with E-state index in [-0.39, 0.29) is 18.4 Å². The Kier molecular flexibility index (Phi) is 11.9. The first kappa shape index (κ1) is 19.9. The maximum atomic E-state index is 11.6.